The lowest BCUT2D eigenvalue weighted by Gasteiger charge is -2.17. The summed E-state index contributed by atoms with van der Waals surface area (Å²) in [6.45, 7) is 6.63. The number of aliphatic hydroxyl groups excluding tert-OH is 1. The first-order chi connectivity index (χ1) is 15.3. The molecule has 32 heavy (non-hydrogen) atoms. The lowest BCUT2D eigenvalue weighted by atomic mass is 10.1. The Morgan fingerprint density at radius 3 is 2.75 bits per heavy atom. The van der Waals surface area contributed by atoms with Gasteiger partial charge in [-0.2, -0.15) is 0 Å². The second-order valence-corrected chi connectivity index (χ2v) is 8.79. The highest BCUT2D eigenvalue weighted by Gasteiger charge is 2.29. The lowest BCUT2D eigenvalue weighted by Crippen LogP contribution is -2.36. The molecule has 0 amide bonds. The molecule has 1 saturated carbocycles. The van der Waals surface area contributed by atoms with Crippen molar-refractivity contribution in [2.45, 2.75) is 64.4 Å². The number of hydrogen-bond acceptors (Lipinski definition) is 7. The molecular formula is C23H32N5O4+. The van der Waals surface area contributed by atoms with Crippen molar-refractivity contribution < 1.29 is 24.3 Å². The first-order valence-corrected chi connectivity index (χ1v) is 11.0. The first-order valence-electron chi connectivity index (χ1n) is 11.0. The second-order valence-electron chi connectivity index (χ2n) is 8.79. The maximum atomic E-state index is 10.4. The Labute approximate surface area is 187 Å². The van der Waals surface area contributed by atoms with Gasteiger partial charge in [-0.3, -0.25) is 0 Å². The number of anilines is 1. The van der Waals surface area contributed by atoms with Gasteiger partial charge in [0.2, 0.25) is 18.0 Å². The molecule has 0 bridgehead atoms. The first kappa shape index (κ1) is 22.3. The molecule has 3 aromatic rings. The van der Waals surface area contributed by atoms with Gasteiger partial charge < -0.3 is 30.0 Å². The van der Waals surface area contributed by atoms with E-state index in [1.165, 1.54) is 0 Å². The van der Waals surface area contributed by atoms with Gasteiger partial charge in [0.05, 0.1) is 19.8 Å². The van der Waals surface area contributed by atoms with Crippen LogP contribution in [0.25, 0.3) is 11.2 Å². The highest BCUT2D eigenvalue weighted by Crippen LogP contribution is 2.32. The summed E-state index contributed by atoms with van der Waals surface area (Å²) < 4.78 is 13.6. The molecule has 1 fully saturated rings. The van der Waals surface area contributed by atoms with E-state index in [4.69, 9.17) is 9.47 Å². The average Bonchev–Trinajstić information content (AvgIpc) is 3.37. The van der Waals surface area contributed by atoms with Crippen LogP contribution in [0.3, 0.4) is 0 Å². The Morgan fingerprint density at radius 2 is 2.09 bits per heavy atom. The van der Waals surface area contributed by atoms with Crippen LogP contribution in [0.4, 0.5) is 5.82 Å². The van der Waals surface area contributed by atoms with Gasteiger partial charge >= 0.3 is 0 Å². The van der Waals surface area contributed by atoms with Crippen molar-refractivity contribution in [3.8, 4) is 11.5 Å². The summed E-state index contributed by atoms with van der Waals surface area (Å²) in [6.07, 6.45) is 3.64. The number of rotatable bonds is 8. The van der Waals surface area contributed by atoms with Gasteiger partial charge in [-0.15, -0.1) is 0 Å². The van der Waals surface area contributed by atoms with Crippen LogP contribution in [0.5, 0.6) is 11.5 Å². The molecule has 4 N–H and O–H groups in total. The summed E-state index contributed by atoms with van der Waals surface area (Å²) >= 11 is 0. The monoisotopic (exact) mass is 442 g/mol. The van der Waals surface area contributed by atoms with Crippen LogP contribution < -0.4 is 19.4 Å². The van der Waals surface area contributed by atoms with Crippen molar-refractivity contribution in [3.63, 3.8) is 0 Å². The molecular weight excluding hydrogens is 410 g/mol. The van der Waals surface area contributed by atoms with E-state index < -0.39 is 5.60 Å². The van der Waals surface area contributed by atoms with Crippen molar-refractivity contribution in [1.29, 1.82) is 0 Å². The highest BCUT2D eigenvalue weighted by molar-refractivity contribution is 5.80. The molecule has 1 aliphatic rings. The standard InChI is InChI=1S/C23H31N5O4/c1-5-24-20-19-21(27-22(26-19)23(2,3)30)28(13-25-20)12-14-6-9-17(31-4)18(10-14)32-16-8-7-15(29)11-16/h6,9-10,13,15-16,29-30H,5,7-8,11-12H2,1-4H3,(H,24,26,27)/p+1. The zero-order valence-electron chi connectivity index (χ0n) is 19.1. The fourth-order valence-corrected chi connectivity index (χ4v) is 4.00. The number of nitrogens with one attached hydrogen (secondary N) is 2. The minimum absolute atomic E-state index is 0.0183. The van der Waals surface area contributed by atoms with E-state index in [9.17, 15) is 10.2 Å². The molecule has 0 saturated heterocycles. The SMILES string of the molecule is CCNc1nc[n+](Cc2ccc(OC)c(OC3CCC(O)C3)c2)c2nc(C(C)(C)O)[nH]c12. The molecule has 0 radical (unpaired) electrons. The Morgan fingerprint density at radius 1 is 1.28 bits per heavy atom. The number of ether oxygens (including phenoxy) is 2. The largest absolute Gasteiger partial charge is 0.493 e. The molecule has 1 aromatic carbocycles. The molecule has 0 aliphatic heterocycles. The number of aliphatic hydroxyl groups is 2. The highest BCUT2D eigenvalue weighted by atomic mass is 16.5. The van der Waals surface area contributed by atoms with E-state index in [2.05, 4.69) is 20.3 Å². The van der Waals surface area contributed by atoms with Crippen molar-refractivity contribution in [2.24, 2.45) is 0 Å². The summed E-state index contributed by atoms with van der Waals surface area (Å²) in [5.74, 6) is 2.50. The minimum atomic E-state index is -1.10. The molecule has 172 valence electrons. The lowest BCUT2D eigenvalue weighted by molar-refractivity contribution is -0.667. The van der Waals surface area contributed by atoms with Crippen LogP contribution in [-0.2, 0) is 12.1 Å². The van der Waals surface area contributed by atoms with Crippen LogP contribution in [0.1, 0.15) is 51.4 Å². The summed E-state index contributed by atoms with van der Waals surface area (Å²) in [4.78, 5) is 12.4. The van der Waals surface area contributed by atoms with Gasteiger partial charge in [0, 0.05) is 13.0 Å². The molecule has 2 unspecified atom stereocenters. The number of imidazole rings is 1. The van der Waals surface area contributed by atoms with Gasteiger partial charge in [-0.05, 0) is 51.3 Å². The van der Waals surface area contributed by atoms with Crippen LogP contribution in [-0.4, -0.2) is 51.0 Å². The molecule has 1 aliphatic carbocycles. The molecule has 0 spiro atoms. The number of methoxy groups -OCH3 is 1. The Kier molecular flexibility index (Phi) is 6.21. The van der Waals surface area contributed by atoms with E-state index in [-0.39, 0.29) is 12.2 Å². The van der Waals surface area contributed by atoms with E-state index in [1.54, 1.807) is 27.3 Å². The zero-order valence-corrected chi connectivity index (χ0v) is 19.1. The van der Waals surface area contributed by atoms with E-state index >= 15 is 0 Å². The average molecular weight is 443 g/mol. The normalized spacial score (nSPS) is 18.8. The fraction of sp³-hybridized carbons (Fsp3) is 0.522. The molecule has 2 atom stereocenters. The smallest absolute Gasteiger partial charge is 0.294 e. The Bertz CT molecular complexity index is 1090. The number of aromatic amines is 1. The maximum Gasteiger partial charge on any atom is 0.294 e. The number of hydrogen-bond donors (Lipinski definition) is 4. The number of aromatic nitrogens is 4. The van der Waals surface area contributed by atoms with E-state index in [1.807, 2.05) is 29.7 Å². The zero-order chi connectivity index (χ0) is 22.9. The summed E-state index contributed by atoms with van der Waals surface area (Å²) in [5.41, 5.74) is 1.34. The van der Waals surface area contributed by atoms with Crippen LogP contribution in [0, 0.1) is 0 Å². The quantitative estimate of drug-likeness (QED) is 0.395. The molecule has 9 heteroatoms. The van der Waals surface area contributed by atoms with E-state index in [0.29, 0.717) is 41.8 Å². The fourth-order valence-electron chi connectivity index (χ4n) is 4.00. The third kappa shape index (κ3) is 4.63. The van der Waals surface area contributed by atoms with Crippen LogP contribution >= 0.6 is 0 Å². The van der Waals surface area contributed by atoms with Gasteiger partial charge in [-0.1, -0.05) is 16.0 Å². The van der Waals surface area contributed by atoms with Crippen molar-refractivity contribution in [1.82, 2.24) is 15.0 Å². The van der Waals surface area contributed by atoms with Crippen molar-refractivity contribution in [3.05, 3.63) is 35.9 Å². The van der Waals surface area contributed by atoms with Gasteiger partial charge in [0.1, 0.15) is 11.7 Å². The number of fused-ring (bicyclic) bond motifs is 1. The predicted molar refractivity (Wildman–Crippen MR) is 120 cm³/mol. The van der Waals surface area contributed by atoms with Crippen molar-refractivity contribution in [2.75, 3.05) is 19.0 Å². The number of benzene rings is 1. The molecule has 2 aromatic heterocycles. The Hall–Kier alpha value is -2.91. The third-order valence-corrected chi connectivity index (χ3v) is 5.67. The predicted octanol–water partition coefficient (Wildman–Crippen LogP) is 2.25. The van der Waals surface area contributed by atoms with E-state index in [0.717, 1.165) is 30.5 Å². The molecule has 2 heterocycles. The Balaban J connectivity index is 1.67. The second kappa shape index (κ2) is 8.91. The minimum Gasteiger partial charge on any atom is -0.493 e. The van der Waals surface area contributed by atoms with Crippen molar-refractivity contribution >= 4 is 17.0 Å². The van der Waals surface area contributed by atoms with Gasteiger partial charge in [-0.25, -0.2) is 4.57 Å². The van der Waals surface area contributed by atoms with Crippen LogP contribution in [0.15, 0.2) is 24.5 Å². The summed E-state index contributed by atoms with van der Waals surface area (Å²) in [5, 5.41) is 23.5. The van der Waals surface area contributed by atoms with Gasteiger partial charge in [0.15, 0.2) is 17.0 Å². The maximum absolute atomic E-state index is 10.4. The van der Waals surface area contributed by atoms with Gasteiger partial charge in [0.25, 0.3) is 5.65 Å². The number of H-pyrrole nitrogens is 1. The summed E-state index contributed by atoms with van der Waals surface area (Å²) in [6, 6.07) is 5.83. The number of nitrogens with zero attached hydrogens (tertiary/aromatic N) is 3. The third-order valence-electron chi connectivity index (χ3n) is 5.67. The molecule has 4 rings (SSSR count). The summed E-state index contributed by atoms with van der Waals surface area (Å²) in [7, 11) is 1.62. The topological polar surface area (TPSA) is 116 Å². The van der Waals surface area contributed by atoms with Crippen LogP contribution in [0.2, 0.25) is 0 Å². The molecule has 9 nitrogen and oxygen atoms in total.